The van der Waals surface area contributed by atoms with Crippen molar-refractivity contribution >= 4 is 17.4 Å². The van der Waals surface area contributed by atoms with E-state index in [0.717, 1.165) is 18.9 Å². The molecule has 0 unspecified atom stereocenters. The quantitative estimate of drug-likeness (QED) is 0.594. The van der Waals surface area contributed by atoms with E-state index in [2.05, 4.69) is 9.80 Å². The summed E-state index contributed by atoms with van der Waals surface area (Å²) in [6.07, 6.45) is 1.68. The smallest absolute Gasteiger partial charge is 0.189 e. The number of rotatable bonds is 2. The van der Waals surface area contributed by atoms with Crippen molar-refractivity contribution in [3.63, 3.8) is 0 Å². The van der Waals surface area contributed by atoms with Crippen molar-refractivity contribution in [1.82, 2.24) is 9.80 Å². The molecular formula is C13H15ClN2O. The third-order valence-corrected chi connectivity index (χ3v) is 3.19. The number of ketones is 1. The van der Waals surface area contributed by atoms with E-state index >= 15 is 0 Å². The first kappa shape index (κ1) is 12.0. The predicted molar refractivity (Wildman–Crippen MR) is 69.1 cm³/mol. The van der Waals surface area contributed by atoms with Crippen LogP contribution < -0.4 is 0 Å². The Hall–Kier alpha value is -1.48. The van der Waals surface area contributed by atoms with Gasteiger partial charge in [-0.25, -0.2) is 0 Å². The van der Waals surface area contributed by atoms with E-state index in [1.54, 1.807) is 30.3 Å². The normalized spacial score (nSPS) is 15.4. The van der Waals surface area contributed by atoms with Gasteiger partial charge in [0.15, 0.2) is 5.78 Å². The van der Waals surface area contributed by atoms with Gasteiger partial charge in [0.1, 0.15) is 5.82 Å². The molecule has 0 spiro atoms. The first-order valence-corrected chi connectivity index (χ1v) is 5.89. The maximum absolute atomic E-state index is 12.0. The van der Waals surface area contributed by atoms with Gasteiger partial charge in [-0.15, -0.1) is 0 Å². The van der Waals surface area contributed by atoms with Crippen molar-refractivity contribution < 1.29 is 4.79 Å². The van der Waals surface area contributed by atoms with Crippen molar-refractivity contribution in [2.45, 2.75) is 0 Å². The number of allylic oxidation sites excluding steroid dienone is 1. The largest absolute Gasteiger partial charge is 0.359 e. The fourth-order valence-electron chi connectivity index (χ4n) is 1.86. The van der Waals surface area contributed by atoms with Gasteiger partial charge < -0.3 is 9.80 Å². The van der Waals surface area contributed by atoms with E-state index < -0.39 is 0 Å². The van der Waals surface area contributed by atoms with E-state index in [4.69, 9.17) is 11.6 Å². The van der Waals surface area contributed by atoms with Crippen molar-refractivity contribution in [3.05, 3.63) is 46.7 Å². The maximum atomic E-state index is 12.0. The van der Waals surface area contributed by atoms with Gasteiger partial charge in [0.05, 0.1) is 0 Å². The molecule has 90 valence electrons. The molecule has 2 rings (SSSR count). The Morgan fingerprint density at radius 1 is 1.18 bits per heavy atom. The fraction of sp³-hybridized carbons (Fsp3) is 0.308. The SMILES string of the molecule is CN1CCN(C)C1=CC(=O)c1ccc(Cl)cc1. The van der Waals surface area contributed by atoms with Crippen molar-refractivity contribution in [1.29, 1.82) is 0 Å². The van der Waals surface area contributed by atoms with Gasteiger partial charge in [-0.2, -0.15) is 0 Å². The molecule has 0 radical (unpaired) electrons. The summed E-state index contributed by atoms with van der Waals surface area (Å²) < 4.78 is 0. The van der Waals surface area contributed by atoms with Gasteiger partial charge in [0, 0.05) is 43.8 Å². The molecule has 0 saturated carbocycles. The molecule has 1 aromatic carbocycles. The van der Waals surface area contributed by atoms with Crippen LogP contribution in [0.2, 0.25) is 5.02 Å². The highest BCUT2D eigenvalue weighted by molar-refractivity contribution is 6.30. The molecule has 0 amide bonds. The summed E-state index contributed by atoms with van der Waals surface area (Å²) in [5.74, 6) is 0.974. The summed E-state index contributed by atoms with van der Waals surface area (Å²) in [6.45, 7) is 1.91. The van der Waals surface area contributed by atoms with Crippen LogP contribution >= 0.6 is 11.6 Å². The average molecular weight is 251 g/mol. The van der Waals surface area contributed by atoms with Gasteiger partial charge in [-0.1, -0.05) is 11.6 Å². The zero-order chi connectivity index (χ0) is 12.4. The minimum atomic E-state index is 0.0114. The van der Waals surface area contributed by atoms with Gasteiger partial charge in [-0.3, -0.25) is 4.79 Å². The number of benzene rings is 1. The molecule has 3 nitrogen and oxygen atoms in total. The second-order valence-electron chi connectivity index (χ2n) is 4.22. The van der Waals surface area contributed by atoms with Crippen LogP contribution in [0.3, 0.4) is 0 Å². The van der Waals surface area contributed by atoms with Crippen LogP contribution in [-0.2, 0) is 0 Å². The molecule has 17 heavy (non-hydrogen) atoms. The second-order valence-corrected chi connectivity index (χ2v) is 4.65. The highest BCUT2D eigenvalue weighted by Crippen LogP contribution is 2.16. The molecule has 4 heteroatoms. The van der Waals surface area contributed by atoms with Crippen LogP contribution in [0.5, 0.6) is 0 Å². The lowest BCUT2D eigenvalue weighted by Gasteiger charge is -2.17. The number of nitrogens with zero attached hydrogens (tertiary/aromatic N) is 2. The van der Waals surface area contributed by atoms with Crippen LogP contribution in [0.25, 0.3) is 0 Å². The summed E-state index contributed by atoms with van der Waals surface area (Å²) in [6, 6.07) is 6.96. The highest BCUT2D eigenvalue weighted by atomic mass is 35.5. The molecule has 0 atom stereocenters. The Balaban J connectivity index is 2.21. The van der Waals surface area contributed by atoms with E-state index in [1.807, 2.05) is 14.1 Å². The second kappa shape index (κ2) is 4.80. The van der Waals surface area contributed by atoms with Gasteiger partial charge in [-0.05, 0) is 24.3 Å². The van der Waals surface area contributed by atoms with Crippen molar-refractivity contribution in [2.24, 2.45) is 0 Å². The third kappa shape index (κ3) is 2.61. The monoisotopic (exact) mass is 250 g/mol. The summed E-state index contributed by atoms with van der Waals surface area (Å²) in [5.41, 5.74) is 0.663. The van der Waals surface area contributed by atoms with E-state index in [9.17, 15) is 4.79 Å². The minimum absolute atomic E-state index is 0.0114. The lowest BCUT2D eigenvalue weighted by molar-refractivity contribution is 0.104. The molecule has 1 aliphatic rings. The zero-order valence-corrected chi connectivity index (χ0v) is 10.7. The Labute approximate surface area is 106 Å². The van der Waals surface area contributed by atoms with Crippen molar-refractivity contribution in [2.75, 3.05) is 27.2 Å². The number of likely N-dealkylation sites (N-methyl/N-ethyl adjacent to an activating group) is 2. The van der Waals surface area contributed by atoms with Crippen LogP contribution in [0.1, 0.15) is 10.4 Å². The van der Waals surface area contributed by atoms with E-state index in [1.165, 1.54) is 0 Å². The van der Waals surface area contributed by atoms with Gasteiger partial charge in [0.25, 0.3) is 0 Å². The summed E-state index contributed by atoms with van der Waals surface area (Å²) in [7, 11) is 3.98. The number of hydrogen-bond donors (Lipinski definition) is 0. The average Bonchev–Trinajstić information content (AvgIpc) is 2.61. The molecule has 1 fully saturated rings. The number of carbonyl (C=O) groups excluding carboxylic acids is 1. The lowest BCUT2D eigenvalue weighted by Crippen LogP contribution is -2.18. The molecular weight excluding hydrogens is 236 g/mol. The highest BCUT2D eigenvalue weighted by Gasteiger charge is 2.19. The predicted octanol–water partition coefficient (Wildman–Crippen LogP) is 2.24. The molecule has 1 heterocycles. The molecule has 1 saturated heterocycles. The van der Waals surface area contributed by atoms with E-state index in [-0.39, 0.29) is 5.78 Å². The first-order valence-electron chi connectivity index (χ1n) is 5.52. The first-order chi connectivity index (χ1) is 8.08. The van der Waals surface area contributed by atoms with Gasteiger partial charge in [0.2, 0.25) is 0 Å². The standard InChI is InChI=1S/C13H15ClN2O/c1-15-7-8-16(2)13(15)9-12(17)10-3-5-11(14)6-4-10/h3-6,9H,7-8H2,1-2H3. The van der Waals surface area contributed by atoms with Crippen LogP contribution in [0, 0.1) is 0 Å². The molecule has 0 bridgehead atoms. The third-order valence-electron chi connectivity index (χ3n) is 2.94. The Kier molecular flexibility index (Phi) is 3.38. The topological polar surface area (TPSA) is 23.6 Å². The summed E-state index contributed by atoms with van der Waals surface area (Å²) >= 11 is 5.79. The number of halogens is 1. The summed E-state index contributed by atoms with van der Waals surface area (Å²) in [4.78, 5) is 16.2. The molecule has 1 aliphatic heterocycles. The Morgan fingerprint density at radius 3 is 2.24 bits per heavy atom. The molecule has 0 aromatic heterocycles. The molecule has 1 aromatic rings. The molecule has 0 N–H and O–H groups in total. The Bertz CT molecular complexity index is 441. The van der Waals surface area contributed by atoms with E-state index in [0.29, 0.717) is 10.6 Å². The lowest BCUT2D eigenvalue weighted by atomic mass is 10.1. The summed E-state index contributed by atoms with van der Waals surface area (Å²) in [5, 5.41) is 0.643. The fourth-order valence-corrected chi connectivity index (χ4v) is 1.98. The van der Waals surface area contributed by atoms with Crippen molar-refractivity contribution in [3.8, 4) is 0 Å². The Morgan fingerprint density at radius 2 is 1.71 bits per heavy atom. The maximum Gasteiger partial charge on any atom is 0.189 e. The molecule has 0 aliphatic carbocycles. The van der Waals surface area contributed by atoms with Gasteiger partial charge >= 0.3 is 0 Å². The van der Waals surface area contributed by atoms with Crippen LogP contribution in [-0.4, -0.2) is 42.8 Å². The number of carbonyl (C=O) groups is 1. The zero-order valence-electron chi connectivity index (χ0n) is 9.98. The number of hydrogen-bond acceptors (Lipinski definition) is 3. The van der Waals surface area contributed by atoms with Crippen LogP contribution in [0.15, 0.2) is 36.2 Å². The van der Waals surface area contributed by atoms with Crippen LogP contribution in [0.4, 0.5) is 0 Å². The minimum Gasteiger partial charge on any atom is -0.359 e.